The Morgan fingerprint density at radius 2 is 1.83 bits per heavy atom. The normalized spacial score (nSPS) is 9.78. The van der Waals surface area contributed by atoms with Gasteiger partial charge < -0.3 is 10.1 Å². The number of esters is 1. The molecule has 7 nitrogen and oxygen atoms in total. The number of methoxy groups -OCH3 is 1. The smallest absolute Gasteiger partial charge is 0.341 e. The van der Waals surface area contributed by atoms with Crippen molar-refractivity contribution >= 4 is 34.1 Å². The first-order valence-electron chi connectivity index (χ1n) is 4.92. The predicted octanol–water partition coefficient (Wildman–Crippen LogP) is 0.0799. The Morgan fingerprint density at radius 3 is 2.33 bits per heavy atom. The zero-order valence-corrected chi connectivity index (χ0v) is 10.9. The van der Waals surface area contributed by atoms with E-state index in [4.69, 9.17) is 5.84 Å². The quantitative estimate of drug-likeness (QED) is 0.232. The van der Waals surface area contributed by atoms with Gasteiger partial charge in [0.25, 0.3) is 0 Å². The largest absolute Gasteiger partial charge is 0.465 e. The number of hydrazine groups is 1. The number of aryl methyl sites for hydroxylation is 1. The second-order valence-electron chi connectivity index (χ2n) is 3.41. The minimum Gasteiger partial charge on any atom is -0.465 e. The van der Waals surface area contributed by atoms with E-state index < -0.39 is 17.8 Å². The number of rotatable bonds is 2. The Morgan fingerprint density at radius 1 is 1.22 bits per heavy atom. The topological polar surface area (TPSA) is 111 Å². The van der Waals surface area contributed by atoms with E-state index in [9.17, 15) is 14.4 Å². The van der Waals surface area contributed by atoms with Crippen molar-refractivity contribution < 1.29 is 19.1 Å². The Bertz CT molecular complexity index is 509. The molecule has 0 aliphatic carbocycles. The third-order valence-electron chi connectivity index (χ3n) is 2.34. The van der Waals surface area contributed by atoms with Gasteiger partial charge in [0.2, 0.25) is 0 Å². The van der Waals surface area contributed by atoms with Gasteiger partial charge in [-0.2, -0.15) is 0 Å². The van der Waals surface area contributed by atoms with Gasteiger partial charge in [0.1, 0.15) is 5.00 Å². The molecule has 98 valence electrons. The minimum atomic E-state index is -0.991. The van der Waals surface area contributed by atoms with E-state index >= 15 is 0 Å². The summed E-state index contributed by atoms with van der Waals surface area (Å²) in [5.74, 6) is 2.34. The van der Waals surface area contributed by atoms with E-state index in [2.05, 4.69) is 10.1 Å². The molecule has 0 saturated heterocycles. The summed E-state index contributed by atoms with van der Waals surface area (Å²) in [4.78, 5) is 34.8. The van der Waals surface area contributed by atoms with Crippen LogP contribution >= 0.6 is 11.3 Å². The molecule has 1 aromatic rings. The van der Waals surface area contributed by atoms with E-state index in [-0.39, 0.29) is 10.6 Å². The number of carbonyl (C=O) groups excluding carboxylic acids is 3. The van der Waals surface area contributed by atoms with Gasteiger partial charge in [-0.15, -0.1) is 11.3 Å². The van der Waals surface area contributed by atoms with Gasteiger partial charge in [-0.3, -0.25) is 15.0 Å². The summed E-state index contributed by atoms with van der Waals surface area (Å²) in [5, 5.41) is 2.59. The van der Waals surface area contributed by atoms with E-state index in [1.54, 1.807) is 19.3 Å². The maximum atomic E-state index is 11.6. The molecule has 0 radical (unpaired) electrons. The van der Waals surface area contributed by atoms with E-state index in [0.29, 0.717) is 5.56 Å². The van der Waals surface area contributed by atoms with Gasteiger partial charge in [0, 0.05) is 4.88 Å². The highest BCUT2D eigenvalue weighted by Gasteiger charge is 2.23. The van der Waals surface area contributed by atoms with Crippen molar-refractivity contribution in [2.45, 2.75) is 13.8 Å². The van der Waals surface area contributed by atoms with Crippen molar-refractivity contribution in [1.29, 1.82) is 0 Å². The second-order valence-corrected chi connectivity index (χ2v) is 4.63. The molecule has 0 saturated carbocycles. The van der Waals surface area contributed by atoms with Crippen LogP contribution in [0.15, 0.2) is 0 Å². The molecule has 0 unspecified atom stereocenters. The van der Waals surface area contributed by atoms with Crippen LogP contribution in [0.4, 0.5) is 5.00 Å². The molecule has 1 heterocycles. The van der Waals surface area contributed by atoms with Crippen LogP contribution in [0.5, 0.6) is 0 Å². The maximum absolute atomic E-state index is 11.6. The molecule has 0 aromatic carbocycles. The molecule has 0 atom stereocenters. The van der Waals surface area contributed by atoms with Crippen LogP contribution in [-0.2, 0) is 14.3 Å². The van der Waals surface area contributed by atoms with Crippen LogP contribution in [0, 0.1) is 13.8 Å². The molecule has 2 amide bonds. The molecule has 18 heavy (non-hydrogen) atoms. The van der Waals surface area contributed by atoms with Gasteiger partial charge in [0.15, 0.2) is 0 Å². The lowest BCUT2D eigenvalue weighted by Gasteiger charge is -2.04. The molecule has 0 bridgehead atoms. The Kier molecular flexibility index (Phi) is 4.40. The lowest BCUT2D eigenvalue weighted by molar-refractivity contribution is -0.136. The average molecular weight is 271 g/mol. The first-order valence-corrected chi connectivity index (χ1v) is 5.74. The highest BCUT2D eigenvalue weighted by molar-refractivity contribution is 7.17. The van der Waals surface area contributed by atoms with E-state index in [0.717, 1.165) is 4.88 Å². The van der Waals surface area contributed by atoms with Crippen molar-refractivity contribution in [1.82, 2.24) is 5.43 Å². The predicted molar refractivity (Wildman–Crippen MR) is 66.1 cm³/mol. The van der Waals surface area contributed by atoms with Crippen molar-refractivity contribution in [3.8, 4) is 0 Å². The van der Waals surface area contributed by atoms with Gasteiger partial charge in [-0.25, -0.2) is 10.6 Å². The monoisotopic (exact) mass is 271 g/mol. The molecule has 8 heteroatoms. The Hall–Kier alpha value is -1.93. The Labute approximate surface area is 107 Å². The van der Waals surface area contributed by atoms with Crippen molar-refractivity contribution in [2.24, 2.45) is 5.84 Å². The van der Waals surface area contributed by atoms with Gasteiger partial charge in [-0.05, 0) is 19.4 Å². The number of ether oxygens (including phenoxy) is 1. The van der Waals surface area contributed by atoms with Gasteiger partial charge in [-0.1, -0.05) is 0 Å². The molecule has 0 fully saturated rings. The summed E-state index contributed by atoms with van der Waals surface area (Å²) >= 11 is 1.19. The van der Waals surface area contributed by atoms with E-state index in [1.807, 2.05) is 0 Å². The number of hydrogen-bond acceptors (Lipinski definition) is 6. The summed E-state index contributed by atoms with van der Waals surface area (Å²) in [6.45, 7) is 3.53. The fourth-order valence-electron chi connectivity index (χ4n) is 1.29. The highest BCUT2D eigenvalue weighted by atomic mass is 32.1. The van der Waals surface area contributed by atoms with Gasteiger partial charge in [0.05, 0.1) is 12.7 Å². The summed E-state index contributed by atoms with van der Waals surface area (Å²) in [6.07, 6.45) is 0. The number of hydrogen-bond donors (Lipinski definition) is 3. The van der Waals surface area contributed by atoms with Crippen molar-refractivity contribution in [3.05, 3.63) is 16.0 Å². The first kappa shape index (κ1) is 14.1. The average Bonchev–Trinajstić information content (AvgIpc) is 2.63. The highest BCUT2D eigenvalue weighted by Crippen LogP contribution is 2.32. The van der Waals surface area contributed by atoms with Gasteiger partial charge >= 0.3 is 17.8 Å². The lowest BCUT2D eigenvalue weighted by atomic mass is 10.1. The van der Waals surface area contributed by atoms with Crippen molar-refractivity contribution in [3.63, 3.8) is 0 Å². The molecule has 4 N–H and O–H groups in total. The molecular formula is C10H13N3O4S. The standard InChI is InChI=1S/C10H13N3O4S/c1-4-5(2)18-9(6(4)10(16)17-3)12-7(14)8(15)13-11/h11H2,1-3H3,(H,12,14)(H,13,15). The first-order chi connectivity index (χ1) is 8.42. The second kappa shape index (κ2) is 5.61. The van der Waals surface area contributed by atoms with Crippen LogP contribution in [0.25, 0.3) is 0 Å². The fourth-order valence-corrected chi connectivity index (χ4v) is 2.33. The fraction of sp³-hybridized carbons (Fsp3) is 0.300. The molecule has 1 rings (SSSR count). The summed E-state index contributed by atoms with van der Waals surface area (Å²) < 4.78 is 4.63. The van der Waals surface area contributed by atoms with Crippen LogP contribution < -0.4 is 16.6 Å². The zero-order valence-electron chi connectivity index (χ0n) is 10.1. The SMILES string of the molecule is COC(=O)c1c(NC(=O)C(=O)NN)sc(C)c1C. The summed E-state index contributed by atoms with van der Waals surface area (Å²) in [6, 6.07) is 0. The molecular weight excluding hydrogens is 258 g/mol. The number of thiophene rings is 1. The summed E-state index contributed by atoms with van der Waals surface area (Å²) in [5.41, 5.74) is 2.66. The summed E-state index contributed by atoms with van der Waals surface area (Å²) in [7, 11) is 1.24. The van der Waals surface area contributed by atoms with Crippen LogP contribution in [0.2, 0.25) is 0 Å². The minimum absolute atomic E-state index is 0.248. The van der Waals surface area contributed by atoms with E-state index in [1.165, 1.54) is 18.4 Å². The molecule has 0 aliphatic heterocycles. The molecule has 0 spiro atoms. The lowest BCUT2D eigenvalue weighted by Crippen LogP contribution is -2.39. The third-order valence-corrected chi connectivity index (χ3v) is 3.46. The zero-order chi connectivity index (χ0) is 13.9. The Balaban J connectivity index is 3.10. The van der Waals surface area contributed by atoms with Crippen LogP contribution in [0.3, 0.4) is 0 Å². The maximum Gasteiger partial charge on any atom is 0.341 e. The number of carbonyl (C=O) groups is 3. The molecule has 0 aliphatic rings. The molecule has 1 aromatic heterocycles. The number of nitrogens with one attached hydrogen (secondary N) is 2. The number of nitrogens with two attached hydrogens (primary N) is 1. The number of anilines is 1. The number of amides is 2. The van der Waals surface area contributed by atoms with Crippen molar-refractivity contribution in [2.75, 3.05) is 12.4 Å². The van der Waals surface area contributed by atoms with Crippen LogP contribution in [-0.4, -0.2) is 24.9 Å². The third kappa shape index (κ3) is 2.66. The van der Waals surface area contributed by atoms with Crippen LogP contribution in [0.1, 0.15) is 20.8 Å².